The van der Waals surface area contributed by atoms with E-state index in [4.69, 9.17) is 0 Å². The van der Waals surface area contributed by atoms with E-state index in [9.17, 15) is 4.79 Å². The molecule has 2 nitrogen and oxygen atoms in total. The van der Waals surface area contributed by atoms with E-state index in [-0.39, 0.29) is 5.91 Å². The fraction of sp³-hybridized carbons (Fsp3) is 0.562. The Balaban J connectivity index is 2.18. The van der Waals surface area contributed by atoms with Gasteiger partial charge < -0.3 is 5.32 Å². The van der Waals surface area contributed by atoms with Crippen LogP contribution in [0.3, 0.4) is 0 Å². The number of hydrogen-bond donors (Lipinski definition) is 1. The van der Waals surface area contributed by atoms with Crippen LogP contribution >= 0.6 is 11.8 Å². The SMILES string of the molecule is CCCCCNC(=O)CCSc1ccc(C)c(C)c1. The minimum absolute atomic E-state index is 0.174. The van der Waals surface area contributed by atoms with Gasteiger partial charge in [-0.15, -0.1) is 11.8 Å². The maximum atomic E-state index is 11.6. The second-order valence-corrected chi connectivity index (χ2v) is 6.07. The second-order valence-electron chi connectivity index (χ2n) is 4.90. The highest BCUT2D eigenvalue weighted by atomic mass is 32.2. The fourth-order valence-corrected chi connectivity index (χ4v) is 2.70. The average molecular weight is 279 g/mol. The van der Waals surface area contributed by atoms with Gasteiger partial charge in [-0.05, 0) is 43.5 Å². The van der Waals surface area contributed by atoms with E-state index in [1.54, 1.807) is 11.8 Å². The predicted octanol–water partition coefficient (Wildman–Crippen LogP) is 4.09. The van der Waals surface area contributed by atoms with Crippen LogP contribution in [-0.2, 0) is 4.79 Å². The van der Waals surface area contributed by atoms with Crippen molar-refractivity contribution in [2.24, 2.45) is 0 Å². The van der Waals surface area contributed by atoms with Crippen LogP contribution in [0.5, 0.6) is 0 Å². The van der Waals surface area contributed by atoms with Crippen LogP contribution in [0.1, 0.15) is 43.7 Å². The van der Waals surface area contributed by atoms with Gasteiger partial charge in [-0.1, -0.05) is 25.8 Å². The minimum atomic E-state index is 0.174. The Morgan fingerprint density at radius 2 is 2.00 bits per heavy atom. The summed E-state index contributed by atoms with van der Waals surface area (Å²) in [6, 6.07) is 6.47. The van der Waals surface area contributed by atoms with Crippen LogP contribution in [0.2, 0.25) is 0 Å². The number of nitrogens with one attached hydrogen (secondary N) is 1. The third-order valence-electron chi connectivity index (χ3n) is 3.18. The Kier molecular flexibility index (Phi) is 7.65. The lowest BCUT2D eigenvalue weighted by Crippen LogP contribution is -2.24. The van der Waals surface area contributed by atoms with Crippen molar-refractivity contribution in [1.82, 2.24) is 5.32 Å². The molecular weight excluding hydrogens is 254 g/mol. The molecule has 3 heteroatoms. The third-order valence-corrected chi connectivity index (χ3v) is 4.17. The first-order valence-electron chi connectivity index (χ1n) is 7.10. The van der Waals surface area contributed by atoms with Crippen molar-refractivity contribution in [3.8, 4) is 0 Å². The quantitative estimate of drug-likeness (QED) is 0.573. The highest BCUT2D eigenvalue weighted by Crippen LogP contribution is 2.21. The van der Waals surface area contributed by atoms with Gasteiger partial charge in [-0.2, -0.15) is 0 Å². The molecule has 19 heavy (non-hydrogen) atoms. The number of hydrogen-bond acceptors (Lipinski definition) is 2. The van der Waals surface area contributed by atoms with Crippen molar-refractivity contribution >= 4 is 17.7 Å². The van der Waals surface area contributed by atoms with Gasteiger partial charge in [0, 0.05) is 23.6 Å². The molecule has 1 aromatic rings. The summed E-state index contributed by atoms with van der Waals surface area (Å²) in [6.07, 6.45) is 4.08. The molecule has 0 saturated heterocycles. The molecule has 0 bridgehead atoms. The van der Waals surface area contributed by atoms with Crippen LogP contribution in [0, 0.1) is 13.8 Å². The third kappa shape index (κ3) is 6.67. The van der Waals surface area contributed by atoms with Crippen molar-refractivity contribution in [3.05, 3.63) is 29.3 Å². The molecule has 1 N–H and O–H groups in total. The number of unbranched alkanes of at least 4 members (excludes halogenated alkanes) is 2. The average Bonchev–Trinajstić information content (AvgIpc) is 2.39. The van der Waals surface area contributed by atoms with Crippen molar-refractivity contribution in [1.29, 1.82) is 0 Å². The molecule has 1 aromatic carbocycles. The van der Waals surface area contributed by atoms with Gasteiger partial charge in [-0.3, -0.25) is 4.79 Å². The second kappa shape index (κ2) is 9.03. The molecule has 0 spiro atoms. The Labute approximate surface area is 121 Å². The number of benzene rings is 1. The number of thioether (sulfide) groups is 1. The highest BCUT2D eigenvalue weighted by molar-refractivity contribution is 7.99. The molecule has 0 aliphatic carbocycles. The van der Waals surface area contributed by atoms with Crippen LogP contribution in [0.25, 0.3) is 0 Å². The van der Waals surface area contributed by atoms with Gasteiger partial charge in [0.25, 0.3) is 0 Å². The molecular formula is C16H25NOS. The standard InChI is InChI=1S/C16H25NOS/c1-4-5-6-10-17-16(18)9-11-19-15-8-7-13(2)14(3)12-15/h7-8,12H,4-6,9-11H2,1-3H3,(H,17,18). The van der Waals surface area contributed by atoms with E-state index in [1.807, 2.05) is 0 Å². The van der Waals surface area contributed by atoms with E-state index in [0.717, 1.165) is 18.7 Å². The monoisotopic (exact) mass is 279 g/mol. The molecule has 0 radical (unpaired) electrons. The Morgan fingerprint density at radius 3 is 2.68 bits per heavy atom. The van der Waals surface area contributed by atoms with Gasteiger partial charge >= 0.3 is 0 Å². The Morgan fingerprint density at radius 1 is 1.21 bits per heavy atom. The summed E-state index contributed by atoms with van der Waals surface area (Å²) in [6.45, 7) is 7.23. The van der Waals surface area contributed by atoms with E-state index < -0.39 is 0 Å². The smallest absolute Gasteiger partial charge is 0.220 e. The molecule has 106 valence electrons. The van der Waals surface area contributed by atoms with Gasteiger partial charge in [-0.25, -0.2) is 0 Å². The summed E-state index contributed by atoms with van der Waals surface area (Å²) in [4.78, 5) is 12.8. The molecule has 0 saturated carbocycles. The summed E-state index contributed by atoms with van der Waals surface area (Å²) >= 11 is 1.75. The first-order valence-corrected chi connectivity index (χ1v) is 8.08. The molecule has 0 atom stereocenters. The predicted molar refractivity (Wildman–Crippen MR) is 83.8 cm³/mol. The zero-order valence-corrected chi connectivity index (χ0v) is 13.1. The molecule has 1 rings (SSSR count). The van der Waals surface area contributed by atoms with Gasteiger partial charge in [0.05, 0.1) is 0 Å². The largest absolute Gasteiger partial charge is 0.356 e. The molecule has 0 unspecified atom stereocenters. The molecule has 0 aliphatic rings. The van der Waals surface area contributed by atoms with Gasteiger partial charge in [0.15, 0.2) is 0 Å². The number of carbonyl (C=O) groups excluding carboxylic acids is 1. The molecule has 1 amide bonds. The first kappa shape index (κ1) is 16.1. The zero-order valence-electron chi connectivity index (χ0n) is 12.3. The normalized spacial score (nSPS) is 10.5. The summed E-state index contributed by atoms with van der Waals surface area (Å²) in [5.41, 5.74) is 2.63. The van der Waals surface area contributed by atoms with Crippen molar-refractivity contribution < 1.29 is 4.79 Å². The van der Waals surface area contributed by atoms with E-state index in [1.165, 1.54) is 28.9 Å². The molecule has 0 aromatic heterocycles. The van der Waals surface area contributed by atoms with E-state index >= 15 is 0 Å². The van der Waals surface area contributed by atoms with Crippen molar-refractivity contribution in [3.63, 3.8) is 0 Å². The van der Waals surface area contributed by atoms with Crippen LogP contribution in [-0.4, -0.2) is 18.2 Å². The number of carbonyl (C=O) groups is 1. The van der Waals surface area contributed by atoms with Crippen molar-refractivity contribution in [2.45, 2.75) is 51.3 Å². The van der Waals surface area contributed by atoms with Crippen LogP contribution in [0.4, 0.5) is 0 Å². The lowest BCUT2D eigenvalue weighted by atomic mass is 10.1. The fourth-order valence-electron chi connectivity index (χ4n) is 1.76. The molecule has 0 aliphatic heterocycles. The van der Waals surface area contributed by atoms with Crippen LogP contribution in [0.15, 0.2) is 23.1 Å². The lowest BCUT2D eigenvalue weighted by Gasteiger charge is -2.06. The summed E-state index contributed by atoms with van der Waals surface area (Å²) < 4.78 is 0. The van der Waals surface area contributed by atoms with E-state index in [2.05, 4.69) is 44.3 Å². The number of aryl methyl sites for hydroxylation is 2. The zero-order chi connectivity index (χ0) is 14.1. The van der Waals surface area contributed by atoms with Gasteiger partial charge in [0.1, 0.15) is 0 Å². The molecule has 0 fully saturated rings. The Bertz CT molecular complexity index is 404. The topological polar surface area (TPSA) is 29.1 Å². The van der Waals surface area contributed by atoms with Gasteiger partial charge in [0.2, 0.25) is 5.91 Å². The van der Waals surface area contributed by atoms with Crippen molar-refractivity contribution in [2.75, 3.05) is 12.3 Å². The number of amides is 1. The first-order chi connectivity index (χ1) is 9.13. The Hall–Kier alpha value is -0.960. The van der Waals surface area contributed by atoms with Crippen LogP contribution < -0.4 is 5.32 Å². The summed E-state index contributed by atoms with van der Waals surface area (Å²) in [7, 11) is 0. The molecule has 0 heterocycles. The maximum Gasteiger partial charge on any atom is 0.220 e. The number of rotatable bonds is 8. The van der Waals surface area contributed by atoms with E-state index in [0.29, 0.717) is 6.42 Å². The lowest BCUT2D eigenvalue weighted by molar-refractivity contribution is -0.120. The maximum absolute atomic E-state index is 11.6. The highest BCUT2D eigenvalue weighted by Gasteiger charge is 2.02. The summed E-state index contributed by atoms with van der Waals surface area (Å²) in [5.74, 6) is 1.02. The minimum Gasteiger partial charge on any atom is -0.356 e. The summed E-state index contributed by atoms with van der Waals surface area (Å²) in [5, 5.41) is 2.97.